The van der Waals surface area contributed by atoms with Gasteiger partial charge in [0.1, 0.15) is 0 Å². The summed E-state index contributed by atoms with van der Waals surface area (Å²) in [5.41, 5.74) is 1.79. The molecule has 1 heterocycles. The molecule has 0 atom stereocenters. The Bertz CT molecular complexity index is 147. The van der Waals surface area contributed by atoms with Crippen molar-refractivity contribution in [1.29, 1.82) is 0 Å². The molecule has 0 unspecified atom stereocenters. The molecule has 1 rings (SSSR count). The Hall–Kier alpha value is -1.10. The van der Waals surface area contributed by atoms with E-state index in [0.29, 0.717) is 0 Å². The number of amides is 1. The van der Waals surface area contributed by atoms with Gasteiger partial charge >= 0.3 is 6.09 Å². The van der Waals surface area contributed by atoms with Gasteiger partial charge in [-0.3, -0.25) is 4.98 Å². The predicted molar refractivity (Wildman–Crippen MR) is 39.2 cm³/mol. The van der Waals surface area contributed by atoms with Crippen molar-refractivity contribution in [2.45, 2.75) is 0 Å². The monoisotopic (exact) mass is 160 g/mol. The van der Waals surface area contributed by atoms with Crippen molar-refractivity contribution in [1.82, 2.24) is 10.3 Å². The van der Waals surface area contributed by atoms with Crippen LogP contribution >= 0.6 is 11.3 Å². The van der Waals surface area contributed by atoms with Crippen molar-refractivity contribution in [3.8, 4) is 0 Å². The standard InChI is InChI=1S/C3H3NS.C2H5NO2/c1-2-5-3-4-1;1-3-2(4)5/h1-3H;3H,1H3,(H,4,5). The van der Waals surface area contributed by atoms with E-state index in [1.807, 2.05) is 10.7 Å². The van der Waals surface area contributed by atoms with Gasteiger partial charge in [-0.2, -0.15) is 0 Å². The molecule has 4 nitrogen and oxygen atoms in total. The highest BCUT2D eigenvalue weighted by Gasteiger charge is 1.76. The number of rotatable bonds is 0. The number of nitrogens with zero attached hydrogens (tertiary/aromatic N) is 1. The lowest BCUT2D eigenvalue weighted by molar-refractivity contribution is 0.197. The Morgan fingerprint density at radius 3 is 2.50 bits per heavy atom. The third kappa shape index (κ3) is 6.90. The lowest BCUT2D eigenvalue weighted by Gasteiger charge is -1.78. The van der Waals surface area contributed by atoms with Crippen LogP contribution < -0.4 is 5.32 Å². The third-order valence-electron chi connectivity index (χ3n) is 0.561. The highest BCUT2D eigenvalue weighted by atomic mass is 32.1. The first-order valence-electron chi connectivity index (χ1n) is 2.50. The van der Waals surface area contributed by atoms with Crippen LogP contribution in [0.25, 0.3) is 0 Å². The Morgan fingerprint density at radius 2 is 2.40 bits per heavy atom. The topological polar surface area (TPSA) is 62.2 Å². The second-order valence-corrected chi connectivity index (χ2v) is 1.99. The van der Waals surface area contributed by atoms with Gasteiger partial charge in [-0.25, -0.2) is 4.79 Å². The van der Waals surface area contributed by atoms with Gasteiger partial charge in [-0.05, 0) is 0 Å². The first-order valence-corrected chi connectivity index (χ1v) is 3.44. The summed E-state index contributed by atoms with van der Waals surface area (Å²) >= 11 is 1.60. The van der Waals surface area contributed by atoms with Gasteiger partial charge in [-0.15, -0.1) is 11.3 Å². The lowest BCUT2D eigenvalue weighted by atomic mass is 11.0. The van der Waals surface area contributed by atoms with E-state index in [2.05, 4.69) is 4.98 Å². The summed E-state index contributed by atoms with van der Waals surface area (Å²) in [5.74, 6) is 0. The average Bonchev–Trinajstić information content (AvgIpc) is 2.43. The predicted octanol–water partition coefficient (Wildman–Crippen LogP) is 1.03. The Kier molecular flexibility index (Phi) is 5.36. The maximum atomic E-state index is 9.26. The second kappa shape index (κ2) is 6.03. The van der Waals surface area contributed by atoms with Gasteiger partial charge in [0, 0.05) is 18.6 Å². The molecule has 0 spiro atoms. The fraction of sp³-hybridized carbons (Fsp3) is 0.200. The minimum Gasteiger partial charge on any atom is -0.465 e. The van der Waals surface area contributed by atoms with Crippen LogP contribution in [0.4, 0.5) is 4.79 Å². The van der Waals surface area contributed by atoms with Crippen LogP contribution in [-0.4, -0.2) is 23.2 Å². The van der Waals surface area contributed by atoms with Crippen LogP contribution in [0, 0.1) is 0 Å². The molecule has 5 heteroatoms. The number of hydrogen-bond acceptors (Lipinski definition) is 3. The zero-order valence-corrected chi connectivity index (χ0v) is 6.26. The van der Waals surface area contributed by atoms with Gasteiger partial charge in [0.2, 0.25) is 0 Å². The number of hydrogen-bond donors (Lipinski definition) is 2. The molecule has 0 aliphatic heterocycles. The molecule has 0 aromatic carbocycles. The molecule has 2 N–H and O–H groups in total. The van der Waals surface area contributed by atoms with Crippen molar-refractivity contribution in [2.24, 2.45) is 0 Å². The zero-order chi connectivity index (χ0) is 7.82. The minimum absolute atomic E-state index is 0.995. The van der Waals surface area contributed by atoms with Crippen LogP contribution in [0.3, 0.4) is 0 Å². The molecule has 1 aromatic heterocycles. The van der Waals surface area contributed by atoms with Crippen LogP contribution in [0.1, 0.15) is 0 Å². The maximum absolute atomic E-state index is 9.26. The van der Waals surface area contributed by atoms with Crippen molar-refractivity contribution in [2.75, 3.05) is 7.05 Å². The fourth-order valence-electron chi connectivity index (χ4n) is 0.176. The smallest absolute Gasteiger partial charge is 0.404 e. The van der Waals surface area contributed by atoms with Gasteiger partial charge < -0.3 is 10.4 Å². The largest absolute Gasteiger partial charge is 0.465 e. The van der Waals surface area contributed by atoms with E-state index >= 15 is 0 Å². The number of carbonyl (C=O) groups is 1. The molecule has 0 fully saturated rings. The summed E-state index contributed by atoms with van der Waals surface area (Å²) in [6.07, 6.45) is 0.773. The zero-order valence-electron chi connectivity index (χ0n) is 5.44. The fourth-order valence-corrected chi connectivity index (χ4v) is 0.527. The van der Waals surface area contributed by atoms with Gasteiger partial charge in [0.25, 0.3) is 0 Å². The lowest BCUT2D eigenvalue weighted by Crippen LogP contribution is -2.13. The molecule has 0 bridgehead atoms. The Morgan fingerprint density at radius 1 is 1.80 bits per heavy atom. The highest BCUT2D eigenvalue weighted by molar-refractivity contribution is 7.07. The molecule has 10 heavy (non-hydrogen) atoms. The highest BCUT2D eigenvalue weighted by Crippen LogP contribution is 1.85. The van der Waals surface area contributed by atoms with E-state index in [-0.39, 0.29) is 0 Å². The average molecular weight is 160 g/mol. The minimum atomic E-state index is -0.995. The van der Waals surface area contributed by atoms with Crippen molar-refractivity contribution in [3.05, 3.63) is 17.1 Å². The van der Waals surface area contributed by atoms with E-state index in [1.54, 1.807) is 23.0 Å². The summed E-state index contributed by atoms with van der Waals surface area (Å²) in [4.78, 5) is 13.0. The second-order valence-electron chi connectivity index (χ2n) is 1.23. The van der Waals surface area contributed by atoms with Crippen molar-refractivity contribution >= 4 is 17.4 Å². The molecular weight excluding hydrogens is 152 g/mol. The SMILES string of the molecule is CNC(=O)O.c1cscn1. The molecule has 0 aliphatic rings. The van der Waals surface area contributed by atoms with E-state index in [0.717, 1.165) is 0 Å². The Labute approximate surface area is 62.5 Å². The molecule has 56 valence electrons. The van der Waals surface area contributed by atoms with E-state index in [4.69, 9.17) is 5.11 Å². The molecule has 0 saturated heterocycles. The molecule has 1 amide bonds. The van der Waals surface area contributed by atoms with Gasteiger partial charge in [0.05, 0.1) is 5.51 Å². The van der Waals surface area contributed by atoms with E-state index in [1.165, 1.54) is 7.05 Å². The third-order valence-corrected chi connectivity index (χ3v) is 1.08. The molecule has 1 aromatic rings. The van der Waals surface area contributed by atoms with E-state index in [9.17, 15) is 4.79 Å². The summed E-state index contributed by atoms with van der Waals surface area (Å²) < 4.78 is 0. The first-order chi connectivity index (χ1) is 4.77. The Balaban J connectivity index is 0.000000162. The molecular formula is C5H8N2O2S. The summed E-state index contributed by atoms with van der Waals surface area (Å²) in [5, 5.41) is 11.5. The van der Waals surface area contributed by atoms with E-state index < -0.39 is 6.09 Å². The van der Waals surface area contributed by atoms with Gasteiger partial charge in [-0.1, -0.05) is 0 Å². The number of aromatic nitrogens is 1. The quantitative estimate of drug-likeness (QED) is 0.595. The number of thiazole rings is 1. The number of nitrogens with one attached hydrogen (secondary N) is 1. The first kappa shape index (κ1) is 8.90. The van der Waals surface area contributed by atoms with Crippen LogP contribution in [-0.2, 0) is 0 Å². The summed E-state index contributed by atoms with van der Waals surface area (Å²) in [6, 6.07) is 0. The van der Waals surface area contributed by atoms with Crippen LogP contribution in [0.15, 0.2) is 17.1 Å². The summed E-state index contributed by atoms with van der Waals surface area (Å²) in [7, 11) is 1.35. The van der Waals surface area contributed by atoms with Crippen LogP contribution in [0.5, 0.6) is 0 Å². The molecule has 0 saturated carbocycles. The summed E-state index contributed by atoms with van der Waals surface area (Å²) in [6.45, 7) is 0. The normalized spacial score (nSPS) is 7.30. The number of carboxylic acid groups (broad SMARTS) is 1. The maximum Gasteiger partial charge on any atom is 0.404 e. The van der Waals surface area contributed by atoms with Crippen molar-refractivity contribution in [3.63, 3.8) is 0 Å². The molecule has 0 aliphatic carbocycles. The van der Waals surface area contributed by atoms with Crippen LogP contribution in [0.2, 0.25) is 0 Å². The van der Waals surface area contributed by atoms with Crippen molar-refractivity contribution < 1.29 is 9.90 Å². The van der Waals surface area contributed by atoms with Gasteiger partial charge in [0.15, 0.2) is 0 Å². The molecule has 0 radical (unpaired) electrons.